The van der Waals surface area contributed by atoms with E-state index < -0.39 is 5.97 Å². The summed E-state index contributed by atoms with van der Waals surface area (Å²) >= 11 is 3.60. The number of carboxylic acids is 1. The Hall–Kier alpha value is -0.580. The van der Waals surface area contributed by atoms with Crippen LogP contribution in [0.3, 0.4) is 0 Å². The largest absolute Gasteiger partial charge is 0.481 e. The summed E-state index contributed by atoms with van der Waals surface area (Å²) in [6, 6.07) is 8.76. The van der Waals surface area contributed by atoms with Crippen molar-refractivity contribution in [1.82, 2.24) is 4.90 Å². The molecule has 3 nitrogen and oxygen atoms in total. The maximum atomic E-state index is 10.6. The van der Waals surface area contributed by atoms with E-state index in [1.807, 2.05) is 6.07 Å². The number of hydrogen-bond acceptors (Lipinski definition) is 2. The van der Waals surface area contributed by atoms with Gasteiger partial charge in [0.1, 0.15) is 0 Å². The SMILES string of the molecule is Cl.O=C(O)CCCN1CCCC1c1ccccc1Br. The molecule has 1 aromatic carbocycles. The van der Waals surface area contributed by atoms with Gasteiger partial charge in [0.2, 0.25) is 0 Å². The molecule has 0 amide bonds. The zero-order valence-electron chi connectivity index (χ0n) is 10.7. The maximum Gasteiger partial charge on any atom is 0.303 e. The molecule has 19 heavy (non-hydrogen) atoms. The minimum absolute atomic E-state index is 0. The number of carboxylic acid groups (broad SMARTS) is 1. The molecule has 2 rings (SSSR count). The van der Waals surface area contributed by atoms with Crippen molar-refractivity contribution in [2.75, 3.05) is 13.1 Å². The molecule has 1 atom stereocenters. The third kappa shape index (κ3) is 4.48. The van der Waals surface area contributed by atoms with Crippen molar-refractivity contribution in [1.29, 1.82) is 0 Å². The van der Waals surface area contributed by atoms with Crippen LogP contribution < -0.4 is 0 Å². The molecule has 1 unspecified atom stereocenters. The van der Waals surface area contributed by atoms with E-state index >= 15 is 0 Å². The first kappa shape index (κ1) is 16.5. The van der Waals surface area contributed by atoms with Crippen molar-refractivity contribution < 1.29 is 9.90 Å². The molecule has 1 aromatic rings. The summed E-state index contributed by atoms with van der Waals surface area (Å²) < 4.78 is 1.15. The van der Waals surface area contributed by atoms with Crippen molar-refractivity contribution in [3.8, 4) is 0 Å². The summed E-state index contributed by atoms with van der Waals surface area (Å²) in [6.45, 7) is 1.95. The predicted molar refractivity (Wildman–Crippen MR) is 81.8 cm³/mol. The molecule has 1 N–H and O–H groups in total. The lowest BCUT2D eigenvalue weighted by molar-refractivity contribution is -0.137. The second-order valence-electron chi connectivity index (χ2n) is 4.71. The first-order valence-electron chi connectivity index (χ1n) is 6.39. The number of carbonyl (C=O) groups is 1. The third-order valence-electron chi connectivity index (χ3n) is 3.46. The van der Waals surface area contributed by atoms with Crippen LogP contribution in [0.1, 0.15) is 37.3 Å². The van der Waals surface area contributed by atoms with Gasteiger partial charge in [-0.05, 0) is 44.0 Å². The quantitative estimate of drug-likeness (QED) is 0.878. The van der Waals surface area contributed by atoms with E-state index in [0.29, 0.717) is 6.04 Å². The summed E-state index contributed by atoms with van der Waals surface area (Å²) in [5, 5.41) is 8.69. The van der Waals surface area contributed by atoms with Gasteiger partial charge in [-0.3, -0.25) is 9.69 Å². The average molecular weight is 349 g/mol. The first-order valence-corrected chi connectivity index (χ1v) is 7.18. The molecule has 106 valence electrons. The van der Waals surface area contributed by atoms with Gasteiger partial charge < -0.3 is 5.11 Å². The van der Waals surface area contributed by atoms with Crippen LogP contribution in [0.15, 0.2) is 28.7 Å². The lowest BCUT2D eigenvalue weighted by Gasteiger charge is -2.25. The Balaban J connectivity index is 0.00000180. The Morgan fingerprint density at radius 2 is 2.16 bits per heavy atom. The smallest absolute Gasteiger partial charge is 0.303 e. The molecule has 1 saturated heterocycles. The number of rotatable bonds is 5. The van der Waals surface area contributed by atoms with Crippen LogP contribution in [0.5, 0.6) is 0 Å². The lowest BCUT2D eigenvalue weighted by Crippen LogP contribution is -2.25. The minimum atomic E-state index is -0.702. The summed E-state index contributed by atoms with van der Waals surface area (Å²) in [5.41, 5.74) is 1.32. The van der Waals surface area contributed by atoms with Crippen molar-refractivity contribution in [3.05, 3.63) is 34.3 Å². The molecule has 5 heteroatoms. The van der Waals surface area contributed by atoms with Crippen molar-refractivity contribution in [2.24, 2.45) is 0 Å². The van der Waals surface area contributed by atoms with Crippen molar-refractivity contribution in [3.63, 3.8) is 0 Å². The van der Waals surface area contributed by atoms with Gasteiger partial charge >= 0.3 is 5.97 Å². The van der Waals surface area contributed by atoms with Crippen LogP contribution in [0.25, 0.3) is 0 Å². The normalized spacial score (nSPS) is 19.1. The molecule has 1 fully saturated rings. The highest BCUT2D eigenvalue weighted by atomic mass is 79.9. The standard InChI is InChI=1S/C14H18BrNO2.ClH/c15-12-6-2-1-5-11(12)13-7-3-9-16(13)10-4-8-14(17)18;/h1-2,5-6,13H,3-4,7-10H2,(H,17,18);1H. The maximum absolute atomic E-state index is 10.6. The summed E-state index contributed by atoms with van der Waals surface area (Å²) in [7, 11) is 0. The molecule has 0 aromatic heterocycles. The van der Waals surface area contributed by atoms with E-state index in [-0.39, 0.29) is 18.8 Å². The molecule has 1 heterocycles. The fourth-order valence-electron chi connectivity index (χ4n) is 2.62. The van der Waals surface area contributed by atoms with Crippen LogP contribution in [0, 0.1) is 0 Å². The Labute approximate surface area is 128 Å². The Morgan fingerprint density at radius 3 is 2.84 bits per heavy atom. The van der Waals surface area contributed by atoms with E-state index in [9.17, 15) is 4.79 Å². The number of hydrogen-bond donors (Lipinski definition) is 1. The highest BCUT2D eigenvalue weighted by Gasteiger charge is 2.26. The predicted octanol–water partition coefficient (Wildman–Crippen LogP) is 3.87. The third-order valence-corrected chi connectivity index (χ3v) is 4.19. The number of nitrogens with zero attached hydrogens (tertiary/aromatic N) is 1. The Bertz CT molecular complexity index is 428. The second kappa shape index (κ2) is 7.88. The number of likely N-dealkylation sites (tertiary alicyclic amines) is 1. The fraction of sp³-hybridized carbons (Fsp3) is 0.500. The summed E-state index contributed by atoms with van der Waals surface area (Å²) in [4.78, 5) is 13.0. The van der Waals surface area contributed by atoms with Crippen LogP contribution in [0.4, 0.5) is 0 Å². The van der Waals surface area contributed by atoms with E-state index in [2.05, 4.69) is 39.0 Å². The second-order valence-corrected chi connectivity index (χ2v) is 5.57. The summed E-state index contributed by atoms with van der Waals surface area (Å²) in [6.07, 6.45) is 3.35. The van der Waals surface area contributed by atoms with Gasteiger partial charge in [0.05, 0.1) is 0 Å². The van der Waals surface area contributed by atoms with Crippen molar-refractivity contribution in [2.45, 2.75) is 31.7 Å². The van der Waals surface area contributed by atoms with Gasteiger partial charge in [-0.15, -0.1) is 12.4 Å². The van der Waals surface area contributed by atoms with Gasteiger partial charge in [0.15, 0.2) is 0 Å². The molecular weight excluding hydrogens is 330 g/mol. The summed E-state index contributed by atoms with van der Waals surface area (Å²) in [5.74, 6) is -0.702. The van der Waals surface area contributed by atoms with Crippen molar-refractivity contribution >= 4 is 34.3 Å². The zero-order chi connectivity index (χ0) is 13.0. The average Bonchev–Trinajstić information content (AvgIpc) is 2.77. The van der Waals surface area contributed by atoms with Crippen LogP contribution in [-0.4, -0.2) is 29.1 Å². The minimum Gasteiger partial charge on any atom is -0.481 e. The van der Waals surface area contributed by atoms with Gasteiger partial charge in [0.25, 0.3) is 0 Å². The number of halogens is 2. The lowest BCUT2D eigenvalue weighted by atomic mass is 10.0. The highest BCUT2D eigenvalue weighted by Crippen LogP contribution is 2.35. The molecule has 0 aliphatic carbocycles. The number of benzene rings is 1. The van der Waals surface area contributed by atoms with Crippen LogP contribution in [0.2, 0.25) is 0 Å². The molecule has 0 bridgehead atoms. The van der Waals surface area contributed by atoms with Crippen LogP contribution >= 0.6 is 28.3 Å². The first-order chi connectivity index (χ1) is 8.68. The molecule has 1 aliphatic heterocycles. The number of aliphatic carboxylic acids is 1. The Morgan fingerprint density at radius 1 is 1.42 bits per heavy atom. The van der Waals surface area contributed by atoms with Gasteiger partial charge in [0, 0.05) is 16.9 Å². The topological polar surface area (TPSA) is 40.5 Å². The molecule has 0 radical (unpaired) electrons. The van der Waals surface area contributed by atoms with E-state index in [0.717, 1.165) is 30.4 Å². The molecule has 1 aliphatic rings. The fourth-order valence-corrected chi connectivity index (χ4v) is 3.17. The highest BCUT2D eigenvalue weighted by molar-refractivity contribution is 9.10. The zero-order valence-corrected chi connectivity index (χ0v) is 13.1. The molecule has 0 saturated carbocycles. The van der Waals surface area contributed by atoms with Gasteiger partial charge in [-0.1, -0.05) is 34.1 Å². The molecular formula is C14H19BrClNO2. The van der Waals surface area contributed by atoms with E-state index in [1.54, 1.807) is 0 Å². The van der Waals surface area contributed by atoms with E-state index in [1.165, 1.54) is 12.0 Å². The van der Waals surface area contributed by atoms with E-state index in [4.69, 9.17) is 5.11 Å². The monoisotopic (exact) mass is 347 g/mol. The molecule has 0 spiro atoms. The Kier molecular flexibility index (Phi) is 6.83. The van der Waals surface area contributed by atoms with Gasteiger partial charge in [-0.25, -0.2) is 0 Å². The van der Waals surface area contributed by atoms with Crippen LogP contribution in [-0.2, 0) is 4.79 Å². The van der Waals surface area contributed by atoms with Gasteiger partial charge in [-0.2, -0.15) is 0 Å².